The fraction of sp³-hybridized carbons (Fsp3) is 0.545. The Kier molecular flexibility index (Phi) is 64.5. The number of aliphatic hydroxyl groups is 4. The Hall–Kier alpha value is -6.20. The van der Waals surface area contributed by atoms with Crippen LogP contribution in [0.1, 0.15) is 389 Å². The molecule has 136 heavy (non-hydrogen) atoms. The van der Waals surface area contributed by atoms with E-state index in [-0.39, 0.29) is 94.7 Å². The van der Waals surface area contributed by atoms with Crippen LogP contribution in [-0.4, -0.2) is 95.8 Å². The number of phenols is 2. The van der Waals surface area contributed by atoms with E-state index in [0.717, 1.165) is 121 Å². The van der Waals surface area contributed by atoms with E-state index in [1.165, 1.54) is 326 Å². The van der Waals surface area contributed by atoms with E-state index in [0.29, 0.717) is 35.2 Å². The summed E-state index contributed by atoms with van der Waals surface area (Å²) in [5.41, 5.74) is 25.4. The van der Waals surface area contributed by atoms with Crippen LogP contribution >= 0.6 is 0 Å². The van der Waals surface area contributed by atoms with Crippen LogP contribution in [0.15, 0.2) is 222 Å². The number of ether oxygens (including phenoxy) is 2. The first-order valence-electron chi connectivity index (χ1n) is 53.1. The van der Waals surface area contributed by atoms with Crippen molar-refractivity contribution in [3.8, 4) is 23.0 Å². The van der Waals surface area contributed by atoms with Gasteiger partial charge in [0.15, 0.2) is 0 Å². The first-order valence-corrected chi connectivity index (χ1v) is 53.1. The van der Waals surface area contributed by atoms with Gasteiger partial charge in [0.05, 0.1) is 13.2 Å². The first kappa shape index (κ1) is 120. The molecule has 16 rings (SSSR count). The Labute approximate surface area is 868 Å². The van der Waals surface area contributed by atoms with Crippen LogP contribution in [0.2, 0.25) is 0 Å². The summed E-state index contributed by atoms with van der Waals surface area (Å²) >= 11 is 0. The van der Waals surface area contributed by atoms with Crippen LogP contribution in [0.5, 0.6) is 23.0 Å². The molecule has 0 aliphatic heterocycles. The number of benzene rings is 8. The van der Waals surface area contributed by atoms with Gasteiger partial charge in [0.2, 0.25) is 0 Å². The third-order valence-electron chi connectivity index (χ3n) is 28.3. The Morgan fingerprint density at radius 1 is 0.257 bits per heavy atom. The molecule has 8 fully saturated rings. The predicted molar refractivity (Wildman–Crippen MR) is 562 cm³/mol. The minimum atomic E-state index is 0. The number of hydrogen-bond acceptors (Lipinski definition) is 9. The minimum Gasteiger partial charge on any atom is -0.508 e. The van der Waals surface area contributed by atoms with E-state index in [9.17, 15) is 25.5 Å². The third kappa shape index (κ3) is 44.5. The van der Waals surface area contributed by atoms with Gasteiger partial charge in [-0.1, -0.05) is 390 Å². The van der Waals surface area contributed by atoms with E-state index in [1.54, 1.807) is 35.4 Å². The largest absolute Gasteiger partial charge is 0.508 e. The van der Waals surface area contributed by atoms with E-state index >= 15 is 0 Å². The van der Waals surface area contributed by atoms with Crippen molar-refractivity contribution >= 4 is 22.3 Å². The van der Waals surface area contributed by atoms with Crippen molar-refractivity contribution in [1.82, 2.24) is 4.90 Å². The molecule has 0 radical (unpaired) electrons. The SMILES string of the molecule is C1CCCC1.C1CCCC1.C1CCCC1.C1CCCC1.CCCCOc1ccc(/C(=C(/CCCO)C2CCCC2)c2ccc(OCCCN(C)C)cc2)cc1.Cc1ccc(/C(=C(/CCCCCO)C2CCCC2)c2ccc(O)cc2)cc1.Cc1ccc(/C(=C(/CCCCO)C2CCCC2)c2ccc(O)cc2)cc1.Cc1ccc(/C(=C(\CCCO)C2CCCC2)c2ccccc2)cc1.[Fe].[Fe].[Fe].[Fe]. The first-order chi connectivity index (χ1) is 64.8. The summed E-state index contributed by atoms with van der Waals surface area (Å²) in [7, 11) is 4.18. The molecule has 8 aromatic rings. The molecule has 8 aliphatic carbocycles. The van der Waals surface area contributed by atoms with Crippen LogP contribution in [0.3, 0.4) is 0 Å². The van der Waals surface area contributed by atoms with Crippen LogP contribution in [-0.2, 0) is 68.3 Å². The van der Waals surface area contributed by atoms with Crippen molar-refractivity contribution < 1.29 is 108 Å². The zero-order valence-corrected chi connectivity index (χ0v) is 88.9. The molecule has 0 amide bonds. The number of allylic oxidation sites excluding steroid dienone is 4. The van der Waals surface area contributed by atoms with Crippen LogP contribution in [0.25, 0.3) is 22.3 Å². The molecule has 13 heteroatoms. The zero-order chi connectivity index (χ0) is 93.2. The van der Waals surface area contributed by atoms with Gasteiger partial charge in [-0.15, -0.1) is 0 Å². The van der Waals surface area contributed by atoms with Gasteiger partial charge in [0.25, 0.3) is 0 Å². The van der Waals surface area contributed by atoms with Crippen molar-refractivity contribution in [2.24, 2.45) is 23.7 Å². The van der Waals surface area contributed by atoms with Gasteiger partial charge >= 0.3 is 0 Å². The summed E-state index contributed by atoms with van der Waals surface area (Å²) in [4.78, 5) is 2.18. The van der Waals surface area contributed by atoms with Crippen molar-refractivity contribution in [2.75, 3.05) is 60.3 Å². The number of aryl methyl sites for hydroxylation is 3. The average Bonchev–Trinajstić information content (AvgIpc) is 1.50. The monoisotopic (exact) mass is 2020 g/mol. The van der Waals surface area contributed by atoms with Crippen LogP contribution in [0, 0.1) is 44.4 Å². The molecular formula is C123H175Fe4NO8. The van der Waals surface area contributed by atoms with Gasteiger partial charge in [-0.3, -0.25) is 0 Å². The van der Waals surface area contributed by atoms with Gasteiger partial charge in [0, 0.05) is 101 Å². The van der Waals surface area contributed by atoms with Gasteiger partial charge in [-0.25, -0.2) is 0 Å². The molecular weight excluding hydrogens is 1840 g/mol. The van der Waals surface area contributed by atoms with E-state index in [4.69, 9.17) is 14.6 Å². The fourth-order valence-corrected chi connectivity index (χ4v) is 20.8. The second-order valence-corrected chi connectivity index (χ2v) is 39.3. The minimum absolute atomic E-state index is 0. The summed E-state index contributed by atoms with van der Waals surface area (Å²) in [5.74, 6) is 5.03. The number of nitrogens with zero attached hydrogens (tertiary/aromatic N) is 1. The number of aromatic hydroxyl groups is 2. The Balaban J connectivity index is 0.000000297. The molecule has 0 atom stereocenters. The number of aliphatic hydroxyl groups excluding tert-OH is 4. The summed E-state index contributed by atoms with van der Waals surface area (Å²) in [6.45, 7) is 12.1. The quantitative estimate of drug-likeness (QED) is 0.0167. The fourth-order valence-electron chi connectivity index (χ4n) is 20.8. The number of unbranched alkanes of at least 4 members (excludes halogenated alkanes) is 4. The van der Waals surface area contributed by atoms with Gasteiger partial charge in [0.1, 0.15) is 23.0 Å². The molecule has 8 aromatic carbocycles. The number of phenolic OH excluding ortho intramolecular Hbond substituents is 2. The second kappa shape index (κ2) is 73.0. The predicted octanol–water partition coefficient (Wildman–Crippen LogP) is 32.6. The summed E-state index contributed by atoms with van der Waals surface area (Å²) in [6.07, 6.45) is 64.6. The normalized spacial score (nSPS) is 16.4. The molecule has 0 unspecified atom stereocenters. The smallest absolute Gasteiger partial charge is 0.119 e. The Morgan fingerprint density at radius 3 is 0.728 bits per heavy atom. The Bertz CT molecular complexity index is 4300. The van der Waals surface area contributed by atoms with Crippen molar-refractivity contribution in [2.45, 2.75) is 349 Å². The summed E-state index contributed by atoms with van der Waals surface area (Å²) in [5, 5.41) is 56.9. The number of rotatable bonds is 36. The van der Waals surface area contributed by atoms with Gasteiger partial charge in [-0.2, -0.15) is 0 Å². The summed E-state index contributed by atoms with van der Waals surface area (Å²) < 4.78 is 11.9. The maximum atomic E-state index is 9.76. The second-order valence-electron chi connectivity index (χ2n) is 39.3. The molecule has 0 spiro atoms. The summed E-state index contributed by atoms with van der Waals surface area (Å²) in [6, 6.07) is 69.9. The molecule has 752 valence electrons. The van der Waals surface area contributed by atoms with Gasteiger partial charge < -0.3 is 45.0 Å². The standard InChI is InChI=1S/C31H45NO3.C25H32O2.C24H30O2.C23H28O.4C5H10.4Fe/c1-4-5-23-34-28-17-13-26(14-18-28)31(30(12-8-22-33)25-10-6-7-11-25)27-15-19-29(20-16-27)35-24-9-21-32(2)3;1-19-10-12-21(13-11-19)25(22-14-16-23(27)17-15-22)24(9-3-2-6-18-26)20-7-4-5-8-20;1-18-9-11-20(12-10-18)24(21-13-15-22(26)16-14-21)23(8-4-5-17-25)19-6-2-3-7-19;1-18-13-15-21(16-14-18)23(20-10-3-2-4-11-20)22(12-7-17-24)19-8-5-6-9-19;4*1-2-4-5-3-1;;;;/h13-20,25,33H,4-12,21-24H2,1-3H3;10-17,20,26-27H,2-9,18H2,1H3;9-16,19,25-26H,2-8,17H2,1H3;2-4,10-11,13-16,19,24H,5-9,12,17H2,1H3;4*1-5H2;;;;/b31-30+;25-24+;24-23+;23-22+;;;;;;;;. The molecule has 0 saturated heterocycles. The number of hydrogen-bond donors (Lipinski definition) is 6. The van der Waals surface area contributed by atoms with E-state index in [2.05, 4.69) is 198 Å². The topological polar surface area (TPSA) is 143 Å². The van der Waals surface area contributed by atoms with Crippen molar-refractivity contribution in [3.63, 3.8) is 0 Å². The Morgan fingerprint density at radius 2 is 0.478 bits per heavy atom. The maximum Gasteiger partial charge on any atom is 0.119 e. The molecule has 0 heterocycles. The van der Waals surface area contributed by atoms with Crippen LogP contribution < -0.4 is 9.47 Å². The molecule has 8 aliphatic rings. The maximum absolute atomic E-state index is 9.76. The molecule has 0 aromatic heterocycles. The third-order valence-corrected chi connectivity index (χ3v) is 28.3. The molecule has 9 nitrogen and oxygen atoms in total. The zero-order valence-electron chi connectivity index (χ0n) is 84.5. The van der Waals surface area contributed by atoms with E-state index < -0.39 is 0 Å². The van der Waals surface area contributed by atoms with Gasteiger partial charge in [-0.05, 0) is 302 Å². The van der Waals surface area contributed by atoms with E-state index in [1.807, 2.05) is 24.3 Å². The van der Waals surface area contributed by atoms with Crippen molar-refractivity contribution in [3.05, 3.63) is 284 Å². The molecule has 0 bridgehead atoms. The molecule has 8 saturated carbocycles. The average molecular weight is 2020 g/mol. The van der Waals surface area contributed by atoms with Crippen molar-refractivity contribution in [1.29, 1.82) is 0 Å². The van der Waals surface area contributed by atoms with Crippen LogP contribution in [0.4, 0.5) is 0 Å². The molecule has 6 N–H and O–H groups in total.